The third kappa shape index (κ3) is 6.11. The summed E-state index contributed by atoms with van der Waals surface area (Å²) in [6.45, 7) is 1.83. The number of halogens is 1. The van der Waals surface area contributed by atoms with Gasteiger partial charge in [-0.15, -0.1) is 0 Å². The van der Waals surface area contributed by atoms with E-state index in [2.05, 4.69) is 10.6 Å². The molecule has 0 aliphatic carbocycles. The number of methoxy groups -OCH3 is 1. The average molecular weight is 389 g/mol. The first-order valence-corrected chi connectivity index (χ1v) is 8.74. The molecule has 7 heteroatoms. The lowest BCUT2D eigenvalue weighted by molar-refractivity contribution is -0.141. The molecule has 0 fully saturated rings. The van der Waals surface area contributed by atoms with Gasteiger partial charge < -0.3 is 15.4 Å². The Morgan fingerprint density at radius 3 is 2.33 bits per heavy atom. The van der Waals surface area contributed by atoms with E-state index >= 15 is 0 Å². The molecule has 142 valence electrons. The number of benzene rings is 2. The Morgan fingerprint density at radius 2 is 1.74 bits per heavy atom. The Hall–Kier alpha value is -2.86. The van der Waals surface area contributed by atoms with Crippen molar-refractivity contribution in [2.45, 2.75) is 25.9 Å². The Morgan fingerprint density at radius 1 is 1.07 bits per heavy atom. The molecule has 2 N–H and O–H groups in total. The summed E-state index contributed by atoms with van der Waals surface area (Å²) in [6, 6.07) is 13.2. The van der Waals surface area contributed by atoms with Crippen LogP contribution in [-0.4, -0.2) is 24.9 Å². The number of ether oxygens (including phenoxy) is 1. The van der Waals surface area contributed by atoms with E-state index in [1.807, 2.05) is 0 Å². The molecule has 2 aromatic carbocycles. The Bertz CT molecular complexity index is 821. The van der Waals surface area contributed by atoms with Crippen molar-refractivity contribution in [2.24, 2.45) is 0 Å². The third-order valence-electron chi connectivity index (χ3n) is 3.94. The maximum absolute atomic E-state index is 12.6. The number of esters is 1. The molecule has 2 amide bonds. The number of rotatable bonds is 7. The highest BCUT2D eigenvalue weighted by Gasteiger charge is 2.21. The summed E-state index contributed by atoms with van der Waals surface area (Å²) >= 11 is 6.22. The zero-order valence-electron chi connectivity index (χ0n) is 15.1. The van der Waals surface area contributed by atoms with Crippen LogP contribution in [-0.2, 0) is 20.9 Å². The second kappa shape index (κ2) is 9.73. The van der Waals surface area contributed by atoms with Gasteiger partial charge in [-0.2, -0.15) is 0 Å². The van der Waals surface area contributed by atoms with Crippen LogP contribution in [0, 0.1) is 0 Å². The van der Waals surface area contributed by atoms with E-state index < -0.39 is 12.0 Å². The van der Waals surface area contributed by atoms with Crippen LogP contribution in [0.25, 0.3) is 0 Å². The van der Waals surface area contributed by atoms with E-state index in [9.17, 15) is 14.4 Å². The first-order valence-electron chi connectivity index (χ1n) is 8.36. The summed E-state index contributed by atoms with van der Waals surface area (Å²) in [7, 11) is 1.29. The molecular formula is C20H21ClN2O4. The van der Waals surface area contributed by atoms with Crippen molar-refractivity contribution >= 4 is 29.4 Å². The monoisotopic (exact) mass is 388 g/mol. The van der Waals surface area contributed by atoms with Crippen LogP contribution in [0.4, 0.5) is 0 Å². The van der Waals surface area contributed by atoms with Crippen LogP contribution in [0.15, 0.2) is 48.5 Å². The summed E-state index contributed by atoms with van der Waals surface area (Å²) in [6.07, 6.45) is -0.0351. The molecule has 27 heavy (non-hydrogen) atoms. The van der Waals surface area contributed by atoms with Crippen molar-refractivity contribution in [1.29, 1.82) is 0 Å². The van der Waals surface area contributed by atoms with Crippen molar-refractivity contribution in [2.75, 3.05) is 7.11 Å². The first kappa shape index (κ1) is 20.5. The van der Waals surface area contributed by atoms with Gasteiger partial charge in [0.2, 0.25) is 5.91 Å². The molecule has 0 bridgehead atoms. The fourth-order valence-electron chi connectivity index (χ4n) is 2.49. The highest BCUT2D eigenvalue weighted by Crippen LogP contribution is 2.25. The van der Waals surface area contributed by atoms with Gasteiger partial charge >= 0.3 is 5.97 Å². The van der Waals surface area contributed by atoms with Crippen LogP contribution < -0.4 is 10.6 Å². The minimum atomic E-state index is -0.613. The lowest BCUT2D eigenvalue weighted by Gasteiger charge is -2.19. The lowest BCUT2D eigenvalue weighted by atomic mass is 10.0. The molecule has 0 aliphatic rings. The molecule has 2 aromatic rings. The SMILES string of the molecule is COC(=O)CC(NC(=O)c1ccc(CNC(C)=O)cc1)c1ccccc1Cl. The molecule has 0 heterocycles. The standard InChI is InChI=1S/C20H21ClN2O4/c1-13(24)22-12-14-7-9-15(10-8-14)20(26)23-18(11-19(25)27-2)16-5-3-4-6-17(16)21/h3-10,18H,11-12H2,1-2H3,(H,22,24)(H,23,26). The summed E-state index contributed by atoms with van der Waals surface area (Å²) in [5.41, 5.74) is 1.95. The number of carbonyl (C=O) groups is 3. The van der Waals surface area contributed by atoms with Gasteiger partial charge in [-0.3, -0.25) is 14.4 Å². The largest absolute Gasteiger partial charge is 0.469 e. The van der Waals surface area contributed by atoms with Gasteiger partial charge in [0.15, 0.2) is 0 Å². The van der Waals surface area contributed by atoms with Gasteiger partial charge in [0, 0.05) is 24.1 Å². The molecule has 0 aliphatic heterocycles. The number of hydrogen-bond acceptors (Lipinski definition) is 4. The van der Waals surface area contributed by atoms with E-state index in [-0.39, 0.29) is 18.2 Å². The molecule has 1 unspecified atom stereocenters. The Labute approximate surface area is 162 Å². The minimum absolute atomic E-state index is 0.0351. The zero-order chi connectivity index (χ0) is 19.8. The molecule has 1 atom stereocenters. The summed E-state index contributed by atoms with van der Waals surface area (Å²) in [5.74, 6) is -0.914. The fraction of sp³-hybridized carbons (Fsp3) is 0.250. The van der Waals surface area contributed by atoms with Gasteiger partial charge in [0.05, 0.1) is 19.6 Å². The van der Waals surface area contributed by atoms with Crippen molar-refractivity contribution in [3.63, 3.8) is 0 Å². The van der Waals surface area contributed by atoms with Gasteiger partial charge in [-0.05, 0) is 29.3 Å². The van der Waals surface area contributed by atoms with Crippen LogP contribution in [0.2, 0.25) is 5.02 Å². The smallest absolute Gasteiger partial charge is 0.307 e. The molecular weight excluding hydrogens is 368 g/mol. The van der Waals surface area contributed by atoms with E-state index in [0.29, 0.717) is 22.7 Å². The van der Waals surface area contributed by atoms with Crippen molar-refractivity contribution in [3.8, 4) is 0 Å². The average Bonchev–Trinajstić information content (AvgIpc) is 2.66. The van der Waals surface area contributed by atoms with Crippen LogP contribution in [0.3, 0.4) is 0 Å². The van der Waals surface area contributed by atoms with Crippen LogP contribution in [0.1, 0.15) is 40.9 Å². The van der Waals surface area contributed by atoms with Crippen molar-refractivity contribution in [1.82, 2.24) is 10.6 Å². The Kier molecular flexibility index (Phi) is 7.37. The number of hydrogen-bond donors (Lipinski definition) is 2. The van der Waals surface area contributed by atoms with Crippen molar-refractivity contribution < 1.29 is 19.1 Å². The second-order valence-corrected chi connectivity index (χ2v) is 6.34. The van der Waals surface area contributed by atoms with Gasteiger partial charge in [-0.1, -0.05) is 41.9 Å². The predicted molar refractivity (Wildman–Crippen MR) is 102 cm³/mol. The fourth-order valence-corrected chi connectivity index (χ4v) is 2.76. The quantitative estimate of drug-likeness (QED) is 0.714. The molecule has 0 spiro atoms. The van der Waals surface area contributed by atoms with E-state index in [1.54, 1.807) is 48.5 Å². The summed E-state index contributed by atoms with van der Waals surface area (Å²) in [5, 5.41) is 5.98. The molecule has 0 radical (unpaired) electrons. The Balaban J connectivity index is 2.14. The highest BCUT2D eigenvalue weighted by atomic mass is 35.5. The molecule has 0 saturated heterocycles. The number of carbonyl (C=O) groups excluding carboxylic acids is 3. The maximum atomic E-state index is 12.6. The van der Waals surface area contributed by atoms with Gasteiger partial charge in [-0.25, -0.2) is 0 Å². The van der Waals surface area contributed by atoms with Gasteiger partial charge in [0.25, 0.3) is 5.91 Å². The highest BCUT2D eigenvalue weighted by molar-refractivity contribution is 6.31. The van der Waals surface area contributed by atoms with E-state index in [0.717, 1.165) is 5.56 Å². The maximum Gasteiger partial charge on any atom is 0.307 e. The molecule has 0 aromatic heterocycles. The molecule has 2 rings (SSSR count). The molecule has 0 saturated carbocycles. The van der Waals surface area contributed by atoms with Crippen LogP contribution >= 0.6 is 11.6 Å². The normalized spacial score (nSPS) is 11.4. The predicted octanol–water partition coefficient (Wildman–Crippen LogP) is 3.01. The van der Waals surface area contributed by atoms with Crippen molar-refractivity contribution in [3.05, 3.63) is 70.2 Å². The van der Waals surface area contributed by atoms with Gasteiger partial charge in [0.1, 0.15) is 0 Å². The third-order valence-corrected chi connectivity index (χ3v) is 4.29. The summed E-state index contributed by atoms with van der Waals surface area (Å²) in [4.78, 5) is 35.3. The number of amides is 2. The van der Waals surface area contributed by atoms with E-state index in [4.69, 9.17) is 16.3 Å². The lowest BCUT2D eigenvalue weighted by Crippen LogP contribution is -2.30. The first-order chi connectivity index (χ1) is 12.9. The molecule has 6 nitrogen and oxygen atoms in total. The topological polar surface area (TPSA) is 84.5 Å². The van der Waals surface area contributed by atoms with E-state index in [1.165, 1.54) is 14.0 Å². The zero-order valence-corrected chi connectivity index (χ0v) is 15.9. The van der Waals surface area contributed by atoms with Crippen LogP contribution in [0.5, 0.6) is 0 Å². The summed E-state index contributed by atoms with van der Waals surface area (Å²) < 4.78 is 4.72. The second-order valence-electron chi connectivity index (χ2n) is 5.93. The number of nitrogens with one attached hydrogen (secondary N) is 2. The minimum Gasteiger partial charge on any atom is -0.469 e.